The maximum Gasteiger partial charge on any atom is 0.230 e. The fourth-order valence-electron chi connectivity index (χ4n) is 2.11. The molecule has 0 bridgehead atoms. The molecule has 0 saturated carbocycles. The number of rotatable bonds is 4. The monoisotopic (exact) mass is 286 g/mol. The van der Waals surface area contributed by atoms with Gasteiger partial charge in [-0.3, -0.25) is 4.79 Å². The largest absolute Gasteiger partial charge is 0.464 e. The standard InChI is InChI=1S/C15H14N2O2S/c1-2-10-3-4-12-11(9-19-13(12)7-10)8-14(18)17-15-16-5-6-20-15/h3-7,9H,2,8H2,1H3,(H,16,17,18). The topological polar surface area (TPSA) is 55.1 Å². The van der Waals surface area contributed by atoms with Crippen molar-refractivity contribution in [3.05, 3.63) is 47.2 Å². The lowest BCUT2D eigenvalue weighted by molar-refractivity contribution is -0.115. The van der Waals surface area contributed by atoms with Crippen LogP contribution in [0, 0.1) is 0 Å². The van der Waals surface area contributed by atoms with Crippen LogP contribution in [0.1, 0.15) is 18.1 Å². The van der Waals surface area contributed by atoms with E-state index in [1.807, 2.05) is 17.5 Å². The maximum absolute atomic E-state index is 12.0. The molecule has 20 heavy (non-hydrogen) atoms. The van der Waals surface area contributed by atoms with Crippen molar-refractivity contribution in [3.8, 4) is 0 Å². The summed E-state index contributed by atoms with van der Waals surface area (Å²) in [5, 5.41) is 6.22. The van der Waals surface area contributed by atoms with E-state index in [1.54, 1.807) is 12.5 Å². The van der Waals surface area contributed by atoms with Crippen LogP contribution in [-0.2, 0) is 17.6 Å². The zero-order valence-electron chi connectivity index (χ0n) is 11.1. The van der Waals surface area contributed by atoms with E-state index in [9.17, 15) is 4.79 Å². The first-order chi connectivity index (χ1) is 9.76. The highest BCUT2D eigenvalue weighted by molar-refractivity contribution is 7.13. The molecule has 2 heterocycles. The quantitative estimate of drug-likeness (QED) is 0.796. The zero-order valence-corrected chi connectivity index (χ0v) is 11.9. The molecule has 2 aromatic heterocycles. The third-order valence-corrected chi connectivity index (χ3v) is 3.85. The molecular weight excluding hydrogens is 272 g/mol. The first-order valence-corrected chi connectivity index (χ1v) is 7.32. The summed E-state index contributed by atoms with van der Waals surface area (Å²) in [6.45, 7) is 2.10. The summed E-state index contributed by atoms with van der Waals surface area (Å²) in [6, 6.07) is 6.11. The van der Waals surface area contributed by atoms with Gasteiger partial charge in [0.15, 0.2) is 5.13 Å². The Morgan fingerprint density at radius 3 is 3.10 bits per heavy atom. The third-order valence-electron chi connectivity index (χ3n) is 3.16. The molecule has 3 rings (SSSR count). The van der Waals surface area contributed by atoms with Crippen molar-refractivity contribution in [2.45, 2.75) is 19.8 Å². The van der Waals surface area contributed by atoms with Gasteiger partial charge in [0.25, 0.3) is 0 Å². The molecule has 5 heteroatoms. The van der Waals surface area contributed by atoms with Crippen LogP contribution in [0.3, 0.4) is 0 Å². The molecule has 0 atom stereocenters. The minimum atomic E-state index is -0.0813. The smallest absolute Gasteiger partial charge is 0.230 e. The molecule has 0 unspecified atom stereocenters. The minimum Gasteiger partial charge on any atom is -0.464 e. The second-order valence-corrected chi connectivity index (χ2v) is 5.40. The van der Waals surface area contributed by atoms with Crippen molar-refractivity contribution in [1.29, 1.82) is 0 Å². The Hall–Kier alpha value is -2.14. The van der Waals surface area contributed by atoms with Gasteiger partial charge in [-0.1, -0.05) is 19.1 Å². The van der Waals surface area contributed by atoms with Gasteiger partial charge >= 0.3 is 0 Å². The number of aromatic nitrogens is 1. The molecule has 1 N–H and O–H groups in total. The number of hydrogen-bond acceptors (Lipinski definition) is 4. The molecule has 0 aliphatic carbocycles. The van der Waals surface area contributed by atoms with Crippen molar-refractivity contribution in [2.24, 2.45) is 0 Å². The number of carbonyl (C=O) groups excluding carboxylic acids is 1. The number of furan rings is 1. The maximum atomic E-state index is 12.0. The average Bonchev–Trinajstić information content (AvgIpc) is 3.08. The number of amides is 1. The van der Waals surface area contributed by atoms with Crippen LogP contribution in [-0.4, -0.2) is 10.9 Å². The number of benzene rings is 1. The predicted octanol–water partition coefficient (Wildman–Crippen LogP) is 3.63. The Morgan fingerprint density at radius 2 is 2.35 bits per heavy atom. The highest BCUT2D eigenvalue weighted by atomic mass is 32.1. The lowest BCUT2D eigenvalue weighted by atomic mass is 10.1. The van der Waals surface area contributed by atoms with Gasteiger partial charge in [-0.05, 0) is 18.1 Å². The Labute approximate surface area is 120 Å². The number of nitrogens with zero attached hydrogens (tertiary/aromatic N) is 1. The molecule has 0 spiro atoms. The van der Waals surface area contributed by atoms with E-state index < -0.39 is 0 Å². The highest BCUT2D eigenvalue weighted by Crippen LogP contribution is 2.23. The van der Waals surface area contributed by atoms with E-state index in [0.29, 0.717) is 5.13 Å². The third kappa shape index (κ3) is 2.58. The average molecular weight is 286 g/mol. The summed E-state index contributed by atoms with van der Waals surface area (Å²) in [6.07, 6.45) is 4.58. The SMILES string of the molecule is CCc1ccc2c(CC(=O)Nc3nccs3)coc2c1. The molecule has 1 aromatic carbocycles. The van der Waals surface area contributed by atoms with E-state index >= 15 is 0 Å². The van der Waals surface area contributed by atoms with Crippen LogP contribution in [0.15, 0.2) is 40.5 Å². The van der Waals surface area contributed by atoms with Crippen LogP contribution in [0.25, 0.3) is 11.0 Å². The molecule has 0 radical (unpaired) electrons. The van der Waals surface area contributed by atoms with Crippen molar-refractivity contribution in [1.82, 2.24) is 4.98 Å². The Balaban J connectivity index is 1.79. The molecule has 0 aliphatic rings. The van der Waals surface area contributed by atoms with E-state index in [-0.39, 0.29) is 12.3 Å². The summed E-state index contributed by atoms with van der Waals surface area (Å²) in [7, 11) is 0. The van der Waals surface area contributed by atoms with E-state index in [0.717, 1.165) is 23.0 Å². The predicted molar refractivity (Wildman–Crippen MR) is 80.0 cm³/mol. The molecule has 3 aromatic rings. The first kappa shape index (κ1) is 12.9. The molecule has 1 amide bonds. The number of hydrogen-bond donors (Lipinski definition) is 1. The summed E-state index contributed by atoms with van der Waals surface area (Å²) in [5.41, 5.74) is 2.96. The van der Waals surface area contributed by atoms with Gasteiger partial charge in [-0.2, -0.15) is 0 Å². The van der Waals surface area contributed by atoms with Crippen LogP contribution in [0.2, 0.25) is 0 Å². The molecular formula is C15H14N2O2S. The number of fused-ring (bicyclic) bond motifs is 1. The number of carbonyl (C=O) groups is 1. The Bertz CT molecular complexity index is 732. The van der Waals surface area contributed by atoms with Gasteiger partial charge in [-0.15, -0.1) is 11.3 Å². The second-order valence-electron chi connectivity index (χ2n) is 4.51. The van der Waals surface area contributed by atoms with Gasteiger partial charge < -0.3 is 9.73 Å². The zero-order chi connectivity index (χ0) is 13.9. The molecule has 102 valence electrons. The van der Waals surface area contributed by atoms with E-state index in [4.69, 9.17) is 4.42 Å². The minimum absolute atomic E-state index is 0.0813. The van der Waals surface area contributed by atoms with E-state index in [2.05, 4.69) is 23.3 Å². The first-order valence-electron chi connectivity index (χ1n) is 6.44. The normalized spacial score (nSPS) is 10.8. The van der Waals surface area contributed by atoms with Crippen LogP contribution >= 0.6 is 11.3 Å². The molecule has 0 saturated heterocycles. The molecule has 0 aliphatic heterocycles. The van der Waals surface area contributed by atoms with Crippen molar-refractivity contribution >= 4 is 33.3 Å². The van der Waals surface area contributed by atoms with Crippen molar-refractivity contribution < 1.29 is 9.21 Å². The van der Waals surface area contributed by atoms with Gasteiger partial charge in [0.2, 0.25) is 5.91 Å². The fraction of sp³-hybridized carbons (Fsp3) is 0.200. The summed E-state index contributed by atoms with van der Waals surface area (Å²) in [4.78, 5) is 16.0. The van der Waals surface area contributed by atoms with Crippen LogP contribution in [0.4, 0.5) is 5.13 Å². The highest BCUT2D eigenvalue weighted by Gasteiger charge is 2.11. The second kappa shape index (κ2) is 5.46. The Morgan fingerprint density at radius 1 is 1.45 bits per heavy atom. The summed E-state index contributed by atoms with van der Waals surface area (Å²) in [5.74, 6) is -0.0813. The molecule has 4 nitrogen and oxygen atoms in total. The number of thiazole rings is 1. The van der Waals surface area contributed by atoms with Crippen LogP contribution in [0.5, 0.6) is 0 Å². The van der Waals surface area contributed by atoms with Gasteiger partial charge in [0.1, 0.15) is 5.58 Å². The van der Waals surface area contributed by atoms with Gasteiger partial charge in [0.05, 0.1) is 12.7 Å². The number of aryl methyl sites for hydroxylation is 1. The van der Waals surface area contributed by atoms with E-state index in [1.165, 1.54) is 16.9 Å². The number of anilines is 1. The lowest BCUT2D eigenvalue weighted by Gasteiger charge is -2.00. The van der Waals surface area contributed by atoms with Crippen LogP contribution < -0.4 is 5.32 Å². The lowest BCUT2D eigenvalue weighted by Crippen LogP contribution is -2.13. The summed E-state index contributed by atoms with van der Waals surface area (Å²) < 4.78 is 5.53. The number of nitrogens with one attached hydrogen (secondary N) is 1. The Kier molecular flexibility index (Phi) is 3.52. The van der Waals surface area contributed by atoms with Gasteiger partial charge in [0, 0.05) is 22.5 Å². The van der Waals surface area contributed by atoms with Crippen molar-refractivity contribution in [3.63, 3.8) is 0 Å². The van der Waals surface area contributed by atoms with Crippen molar-refractivity contribution in [2.75, 3.05) is 5.32 Å². The molecule has 0 fully saturated rings. The fourth-order valence-corrected chi connectivity index (χ4v) is 2.65. The summed E-state index contributed by atoms with van der Waals surface area (Å²) >= 11 is 1.41. The van der Waals surface area contributed by atoms with Gasteiger partial charge in [-0.25, -0.2) is 4.98 Å².